The highest BCUT2D eigenvalue weighted by Crippen LogP contribution is 2.40. The van der Waals surface area contributed by atoms with Gasteiger partial charge < -0.3 is 9.64 Å². The molecular weight excluding hydrogens is 441 g/mol. The van der Waals surface area contributed by atoms with Gasteiger partial charge in [-0.1, -0.05) is 31.4 Å². The van der Waals surface area contributed by atoms with Gasteiger partial charge in [-0.05, 0) is 74.6 Å². The number of aliphatic imine (C=N–C) groups is 1. The van der Waals surface area contributed by atoms with Crippen LogP contribution in [-0.4, -0.2) is 30.8 Å². The third-order valence-electron chi connectivity index (χ3n) is 6.51. The monoisotopic (exact) mass is 474 g/mol. The lowest BCUT2D eigenvalue weighted by Crippen LogP contribution is -2.23. The molecule has 1 saturated carbocycles. The molecule has 0 spiro atoms. The lowest BCUT2D eigenvalue weighted by molar-refractivity contribution is -0.137. The Kier molecular flexibility index (Phi) is 8.39. The molecule has 0 heterocycles. The Morgan fingerprint density at radius 2 is 1.85 bits per heavy atom. The Bertz CT molecular complexity index is 1030. The lowest BCUT2D eigenvalue weighted by Gasteiger charge is -2.31. The highest BCUT2D eigenvalue weighted by atomic mass is 19.4. The van der Waals surface area contributed by atoms with Gasteiger partial charge in [0.15, 0.2) is 0 Å². The number of rotatable bonds is 7. The first-order valence-corrected chi connectivity index (χ1v) is 11.8. The predicted molar refractivity (Wildman–Crippen MR) is 129 cm³/mol. The molecule has 1 fully saturated rings. The summed E-state index contributed by atoms with van der Waals surface area (Å²) in [5.41, 5.74) is 2.38. The van der Waals surface area contributed by atoms with Gasteiger partial charge in [0.1, 0.15) is 6.10 Å². The highest BCUT2D eigenvalue weighted by molar-refractivity contribution is 5.92. The number of aryl methyl sites for hydroxylation is 2. The van der Waals surface area contributed by atoms with Crippen LogP contribution in [0.15, 0.2) is 41.4 Å². The Balaban J connectivity index is 1.90. The number of hydrogen-bond acceptors (Lipinski definition) is 3. The van der Waals surface area contributed by atoms with Crippen LogP contribution in [0.2, 0.25) is 0 Å². The van der Waals surface area contributed by atoms with Crippen molar-refractivity contribution in [1.29, 1.82) is 0 Å². The third kappa shape index (κ3) is 6.39. The van der Waals surface area contributed by atoms with Crippen molar-refractivity contribution >= 4 is 18.0 Å². The van der Waals surface area contributed by atoms with Crippen molar-refractivity contribution in [2.24, 2.45) is 10.9 Å². The molecule has 1 aliphatic rings. The molecule has 34 heavy (non-hydrogen) atoms. The Labute approximate surface area is 199 Å². The molecule has 0 aromatic heterocycles. The second-order valence-electron chi connectivity index (χ2n) is 9.12. The zero-order chi connectivity index (χ0) is 24.9. The highest BCUT2D eigenvalue weighted by Gasteiger charge is 2.34. The van der Waals surface area contributed by atoms with Crippen LogP contribution in [0.25, 0.3) is 0 Å². The van der Waals surface area contributed by atoms with E-state index in [1.54, 1.807) is 18.5 Å². The number of ether oxygens (including phenoxy) is 1. The van der Waals surface area contributed by atoms with E-state index in [2.05, 4.69) is 4.99 Å². The van der Waals surface area contributed by atoms with Crippen molar-refractivity contribution in [3.05, 3.63) is 64.2 Å². The van der Waals surface area contributed by atoms with Crippen LogP contribution >= 0.6 is 0 Å². The fourth-order valence-electron chi connectivity index (χ4n) is 4.35. The van der Waals surface area contributed by atoms with Crippen LogP contribution < -0.4 is 0 Å². The van der Waals surface area contributed by atoms with Crippen LogP contribution in [0.3, 0.4) is 0 Å². The normalized spacial score (nSPS) is 16.0. The number of benzene rings is 2. The first-order chi connectivity index (χ1) is 16.1. The largest absolute Gasteiger partial charge is 0.454 e. The van der Waals surface area contributed by atoms with Gasteiger partial charge in [-0.3, -0.25) is 0 Å². The van der Waals surface area contributed by atoms with E-state index in [1.165, 1.54) is 6.07 Å². The van der Waals surface area contributed by atoms with E-state index in [1.807, 2.05) is 38.8 Å². The van der Waals surface area contributed by atoms with E-state index in [4.69, 9.17) is 4.74 Å². The third-order valence-corrected chi connectivity index (χ3v) is 6.51. The standard InChI is InChI=1S/C27H33F3N2O2/c1-5-32(4)17-31-24-15-18(2)23(14-19(24)3)26(33)34-25(20-10-7-6-8-11-20)21-12-9-13-22(16-21)27(28,29)30/h9,12-17,20,25H,5-8,10-11H2,1-4H3. The summed E-state index contributed by atoms with van der Waals surface area (Å²) in [5, 5.41) is 0. The summed E-state index contributed by atoms with van der Waals surface area (Å²) in [7, 11) is 1.93. The first-order valence-electron chi connectivity index (χ1n) is 11.8. The van der Waals surface area contributed by atoms with Crippen molar-refractivity contribution in [1.82, 2.24) is 4.90 Å². The van der Waals surface area contributed by atoms with Gasteiger partial charge in [0.05, 0.1) is 23.2 Å². The van der Waals surface area contributed by atoms with Crippen LogP contribution in [0, 0.1) is 19.8 Å². The van der Waals surface area contributed by atoms with E-state index < -0.39 is 23.8 Å². The smallest absolute Gasteiger partial charge is 0.416 e. The van der Waals surface area contributed by atoms with Gasteiger partial charge in [-0.25, -0.2) is 9.79 Å². The number of halogens is 3. The van der Waals surface area contributed by atoms with E-state index in [-0.39, 0.29) is 5.92 Å². The van der Waals surface area contributed by atoms with Gasteiger partial charge in [0.2, 0.25) is 0 Å². The number of nitrogens with zero attached hydrogens (tertiary/aromatic N) is 2. The summed E-state index contributed by atoms with van der Waals surface area (Å²) >= 11 is 0. The van der Waals surface area contributed by atoms with E-state index >= 15 is 0 Å². The average molecular weight is 475 g/mol. The molecule has 0 saturated heterocycles. The molecular formula is C27H33F3N2O2. The topological polar surface area (TPSA) is 41.9 Å². The minimum absolute atomic E-state index is 0.00367. The molecule has 7 heteroatoms. The molecule has 4 nitrogen and oxygen atoms in total. The predicted octanol–water partition coefficient (Wildman–Crippen LogP) is 7.41. The summed E-state index contributed by atoms with van der Waals surface area (Å²) in [4.78, 5) is 19.7. The maximum Gasteiger partial charge on any atom is 0.416 e. The van der Waals surface area contributed by atoms with E-state index in [0.29, 0.717) is 16.7 Å². The Hall–Kier alpha value is -2.83. The molecule has 1 unspecified atom stereocenters. The molecule has 1 atom stereocenters. The second-order valence-corrected chi connectivity index (χ2v) is 9.12. The average Bonchev–Trinajstić information content (AvgIpc) is 2.82. The SMILES string of the molecule is CCN(C)C=Nc1cc(C)c(C(=O)OC(c2cccc(C(F)(F)F)c2)C2CCCCC2)cc1C. The fourth-order valence-corrected chi connectivity index (χ4v) is 4.35. The van der Waals surface area contributed by atoms with Crippen LogP contribution in [0.4, 0.5) is 18.9 Å². The Morgan fingerprint density at radius 1 is 1.15 bits per heavy atom. The van der Waals surface area contributed by atoms with Gasteiger partial charge in [0.25, 0.3) is 0 Å². The first kappa shape index (κ1) is 25.8. The van der Waals surface area contributed by atoms with Crippen LogP contribution in [0.1, 0.15) is 77.7 Å². The van der Waals surface area contributed by atoms with Crippen molar-refractivity contribution in [2.75, 3.05) is 13.6 Å². The minimum atomic E-state index is -4.45. The van der Waals surface area contributed by atoms with Gasteiger partial charge in [-0.15, -0.1) is 0 Å². The van der Waals surface area contributed by atoms with Crippen molar-refractivity contribution in [2.45, 2.75) is 65.2 Å². The molecule has 0 N–H and O–H groups in total. The summed E-state index contributed by atoms with van der Waals surface area (Å²) in [5.74, 6) is -0.522. The number of carbonyl (C=O) groups is 1. The van der Waals surface area contributed by atoms with Gasteiger partial charge >= 0.3 is 12.1 Å². The minimum Gasteiger partial charge on any atom is -0.454 e. The molecule has 0 amide bonds. The zero-order valence-corrected chi connectivity index (χ0v) is 20.3. The van der Waals surface area contributed by atoms with Gasteiger partial charge in [0, 0.05) is 19.5 Å². The van der Waals surface area contributed by atoms with Crippen molar-refractivity contribution < 1.29 is 22.7 Å². The second kappa shape index (κ2) is 11.1. The molecule has 184 valence electrons. The number of esters is 1. The lowest BCUT2D eigenvalue weighted by atomic mass is 9.82. The Morgan fingerprint density at radius 3 is 2.50 bits per heavy atom. The summed E-state index contributed by atoms with van der Waals surface area (Å²) in [6.07, 6.45) is 1.27. The molecule has 0 radical (unpaired) electrons. The van der Waals surface area contributed by atoms with E-state index in [0.717, 1.165) is 62.0 Å². The summed E-state index contributed by atoms with van der Waals surface area (Å²) < 4.78 is 46.0. The number of alkyl halides is 3. The molecule has 0 aliphatic heterocycles. The number of carbonyl (C=O) groups excluding carboxylic acids is 1. The van der Waals surface area contributed by atoms with Crippen LogP contribution in [0.5, 0.6) is 0 Å². The number of hydrogen-bond donors (Lipinski definition) is 0. The molecule has 2 aromatic carbocycles. The van der Waals surface area contributed by atoms with Crippen LogP contribution in [-0.2, 0) is 10.9 Å². The van der Waals surface area contributed by atoms with E-state index in [9.17, 15) is 18.0 Å². The fraction of sp³-hybridized carbons (Fsp3) is 0.481. The molecule has 2 aromatic rings. The summed E-state index contributed by atoms with van der Waals surface area (Å²) in [6.45, 7) is 6.54. The maximum atomic E-state index is 13.3. The quantitative estimate of drug-likeness (QED) is 0.238. The summed E-state index contributed by atoms with van der Waals surface area (Å²) in [6, 6.07) is 8.77. The molecule has 0 bridgehead atoms. The maximum absolute atomic E-state index is 13.3. The molecule has 3 rings (SSSR count). The van der Waals surface area contributed by atoms with Crippen molar-refractivity contribution in [3.63, 3.8) is 0 Å². The molecule has 1 aliphatic carbocycles. The van der Waals surface area contributed by atoms with Crippen molar-refractivity contribution in [3.8, 4) is 0 Å². The zero-order valence-electron chi connectivity index (χ0n) is 20.3. The van der Waals surface area contributed by atoms with Gasteiger partial charge in [-0.2, -0.15) is 13.2 Å².